The quantitative estimate of drug-likeness (QED) is 0.388. The van der Waals surface area contributed by atoms with Crippen LogP contribution in [0.4, 0.5) is 5.82 Å². The number of benzene rings is 1. The van der Waals surface area contributed by atoms with Crippen molar-refractivity contribution in [2.24, 2.45) is 5.92 Å². The van der Waals surface area contributed by atoms with Gasteiger partial charge in [0.1, 0.15) is 12.2 Å². The fourth-order valence-corrected chi connectivity index (χ4v) is 6.18. The Morgan fingerprint density at radius 3 is 2.70 bits per heavy atom. The summed E-state index contributed by atoms with van der Waals surface area (Å²) in [6, 6.07) is 9.63. The number of nitrogen functional groups attached to an aromatic ring is 1. The van der Waals surface area contributed by atoms with E-state index in [0.29, 0.717) is 30.0 Å². The molecule has 4 N–H and O–H groups in total. The van der Waals surface area contributed by atoms with E-state index in [1.165, 1.54) is 0 Å². The highest BCUT2D eigenvalue weighted by molar-refractivity contribution is 7.15. The number of carbonyl (C=O) groups excluding carboxylic acids is 1. The minimum atomic E-state index is -1.05. The second-order valence-electron chi connectivity index (χ2n) is 11.1. The van der Waals surface area contributed by atoms with Crippen LogP contribution in [-0.4, -0.2) is 57.7 Å². The van der Waals surface area contributed by atoms with Gasteiger partial charge >= 0.3 is 0 Å². The number of anilines is 1. The van der Waals surface area contributed by atoms with Gasteiger partial charge in [-0.3, -0.25) is 4.79 Å². The van der Waals surface area contributed by atoms with Crippen LogP contribution < -0.4 is 15.8 Å². The summed E-state index contributed by atoms with van der Waals surface area (Å²) in [7, 11) is 0. The maximum Gasteiger partial charge on any atom is 0.225 e. The minimum Gasteiger partial charge on any atom is -0.485 e. The number of nitrogens with zero attached hydrogens (tertiary/aromatic N) is 3. The molecule has 0 saturated carbocycles. The molecule has 1 amide bonds. The number of hydrogen-bond acceptors (Lipinski definition) is 8. The van der Waals surface area contributed by atoms with Gasteiger partial charge in [-0.25, -0.2) is 9.97 Å². The first kappa shape index (κ1) is 28.1. The molecule has 0 atom stereocenters. The van der Waals surface area contributed by atoms with Gasteiger partial charge in [0.2, 0.25) is 5.91 Å². The molecule has 2 aliphatic rings. The van der Waals surface area contributed by atoms with Crippen molar-refractivity contribution < 1.29 is 14.6 Å². The zero-order chi connectivity index (χ0) is 28.1. The Morgan fingerprint density at radius 1 is 1.18 bits per heavy atom. The van der Waals surface area contributed by atoms with Gasteiger partial charge < -0.3 is 25.8 Å². The standard InChI is InChI=1S/C31H37N5O3S/c1-31(2,38)11-6-21-4-3-5-22(16-21)20-39-26-17-25(18-34-28(26)32)27-19-35-29(40-27)23-9-14-36(15-10-23)30(37)24-7-12-33-13-8-24/h3-5,16-19,23-24,33,38H,7-10,12-15,20H2,1-2H3,(H2,32,34). The number of ether oxygens (including phenoxy) is 1. The summed E-state index contributed by atoms with van der Waals surface area (Å²) < 4.78 is 6.05. The van der Waals surface area contributed by atoms with Gasteiger partial charge in [-0.15, -0.1) is 11.3 Å². The largest absolute Gasteiger partial charge is 0.485 e. The van der Waals surface area contributed by atoms with E-state index >= 15 is 0 Å². The Kier molecular flexibility index (Phi) is 8.69. The average molecular weight is 560 g/mol. The third kappa shape index (κ3) is 7.19. The molecule has 210 valence electrons. The number of amides is 1. The lowest BCUT2D eigenvalue weighted by atomic mass is 9.93. The van der Waals surface area contributed by atoms with E-state index in [1.54, 1.807) is 31.4 Å². The Labute approximate surface area is 240 Å². The molecule has 2 saturated heterocycles. The lowest BCUT2D eigenvalue weighted by Gasteiger charge is -2.34. The number of thiazole rings is 1. The second-order valence-corrected chi connectivity index (χ2v) is 12.2. The zero-order valence-corrected chi connectivity index (χ0v) is 24.0. The van der Waals surface area contributed by atoms with Crippen molar-refractivity contribution in [3.63, 3.8) is 0 Å². The van der Waals surface area contributed by atoms with Crippen LogP contribution in [0.25, 0.3) is 10.4 Å². The first-order chi connectivity index (χ1) is 19.2. The molecule has 8 nitrogen and oxygen atoms in total. The summed E-state index contributed by atoms with van der Waals surface area (Å²) in [6.07, 6.45) is 7.43. The van der Waals surface area contributed by atoms with Crippen LogP contribution in [-0.2, 0) is 11.4 Å². The molecule has 0 unspecified atom stereocenters. The molecule has 9 heteroatoms. The lowest BCUT2D eigenvalue weighted by Crippen LogP contribution is -2.44. The molecule has 40 heavy (non-hydrogen) atoms. The number of nitrogens with one attached hydrogen (secondary N) is 1. The van der Waals surface area contributed by atoms with Gasteiger partial charge in [-0.05, 0) is 76.4 Å². The minimum absolute atomic E-state index is 0.176. The summed E-state index contributed by atoms with van der Waals surface area (Å²) >= 11 is 1.67. The van der Waals surface area contributed by atoms with Crippen LogP contribution >= 0.6 is 11.3 Å². The van der Waals surface area contributed by atoms with Gasteiger partial charge in [0.05, 0.1) is 9.88 Å². The SMILES string of the molecule is CC(C)(O)C#Cc1cccc(COc2cc(-c3cnc(C4CCN(C(=O)C5CCNCC5)CC4)s3)cnc2N)c1. The van der Waals surface area contributed by atoms with Crippen molar-refractivity contribution in [2.75, 3.05) is 31.9 Å². The Balaban J connectivity index is 1.20. The van der Waals surface area contributed by atoms with Gasteiger partial charge in [-0.1, -0.05) is 24.0 Å². The molecule has 4 heterocycles. The molecule has 1 aromatic carbocycles. The molecule has 5 rings (SSSR count). The number of rotatable bonds is 6. The third-order valence-electron chi connectivity index (χ3n) is 7.37. The van der Waals surface area contributed by atoms with E-state index in [-0.39, 0.29) is 5.92 Å². The van der Waals surface area contributed by atoms with E-state index in [1.807, 2.05) is 36.5 Å². The number of likely N-dealkylation sites (tertiary alicyclic amines) is 1. The lowest BCUT2D eigenvalue weighted by molar-refractivity contribution is -0.137. The molecule has 2 aromatic heterocycles. The molecular formula is C31H37N5O3S. The fourth-order valence-electron chi connectivity index (χ4n) is 5.11. The second kappa shape index (κ2) is 12.4. The van der Waals surface area contributed by atoms with E-state index < -0.39 is 5.60 Å². The number of aromatic nitrogens is 2. The number of carbonyl (C=O) groups is 1. The van der Waals surface area contributed by atoms with Crippen LogP contribution in [0.3, 0.4) is 0 Å². The Morgan fingerprint density at radius 2 is 1.95 bits per heavy atom. The van der Waals surface area contributed by atoms with Crippen LogP contribution in [0.5, 0.6) is 5.75 Å². The molecule has 2 aliphatic heterocycles. The normalized spacial score (nSPS) is 16.8. The van der Waals surface area contributed by atoms with Crippen molar-refractivity contribution in [3.8, 4) is 28.0 Å². The topological polar surface area (TPSA) is 114 Å². The van der Waals surface area contributed by atoms with E-state index in [9.17, 15) is 9.90 Å². The van der Waals surface area contributed by atoms with Gasteiger partial charge in [0.15, 0.2) is 11.6 Å². The molecule has 2 fully saturated rings. The molecule has 0 bridgehead atoms. The first-order valence-corrected chi connectivity index (χ1v) is 14.8. The highest BCUT2D eigenvalue weighted by Gasteiger charge is 2.30. The zero-order valence-electron chi connectivity index (χ0n) is 23.2. The summed E-state index contributed by atoms with van der Waals surface area (Å²) in [6.45, 7) is 7.10. The summed E-state index contributed by atoms with van der Waals surface area (Å²) in [5.74, 6) is 7.54. The van der Waals surface area contributed by atoms with Crippen molar-refractivity contribution in [1.82, 2.24) is 20.2 Å². The Hall–Kier alpha value is -3.45. The predicted molar refractivity (Wildman–Crippen MR) is 158 cm³/mol. The third-order valence-corrected chi connectivity index (χ3v) is 8.58. The van der Waals surface area contributed by atoms with E-state index in [2.05, 4.69) is 27.0 Å². The number of hydrogen-bond donors (Lipinski definition) is 3. The van der Waals surface area contributed by atoms with Crippen LogP contribution in [0.1, 0.15) is 61.6 Å². The van der Waals surface area contributed by atoms with E-state index in [4.69, 9.17) is 15.5 Å². The van der Waals surface area contributed by atoms with Gasteiger partial charge in [-0.2, -0.15) is 0 Å². The number of nitrogens with two attached hydrogens (primary N) is 1. The number of piperidine rings is 2. The number of aliphatic hydroxyl groups is 1. The average Bonchev–Trinajstić information content (AvgIpc) is 3.46. The summed E-state index contributed by atoms with van der Waals surface area (Å²) in [5.41, 5.74) is 7.75. The molecule has 3 aromatic rings. The molecule has 0 radical (unpaired) electrons. The van der Waals surface area contributed by atoms with Crippen molar-refractivity contribution in [2.45, 2.75) is 57.7 Å². The van der Waals surface area contributed by atoms with Crippen LogP contribution in [0, 0.1) is 17.8 Å². The van der Waals surface area contributed by atoms with Gasteiger partial charge in [0, 0.05) is 48.4 Å². The maximum absolute atomic E-state index is 12.9. The highest BCUT2D eigenvalue weighted by atomic mass is 32.1. The molecular weight excluding hydrogens is 522 g/mol. The fraction of sp³-hybridized carbons (Fsp3) is 0.452. The summed E-state index contributed by atoms with van der Waals surface area (Å²) in [5, 5.41) is 14.3. The molecule has 0 spiro atoms. The summed E-state index contributed by atoms with van der Waals surface area (Å²) in [4.78, 5) is 25.1. The van der Waals surface area contributed by atoms with Crippen LogP contribution in [0.15, 0.2) is 42.7 Å². The van der Waals surface area contributed by atoms with Gasteiger partial charge in [0.25, 0.3) is 0 Å². The van der Waals surface area contributed by atoms with Crippen molar-refractivity contribution >= 4 is 23.1 Å². The Bertz CT molecular complexity index is 1390. The molecule has 0 aliphatic carbocycles. The van der Waals surface area contributed by atoms with Crippen molar-refractivity contribution in [3.05, 3.63) is 58.9 Å². The monoisotopic (exact) mass is 559 g/mol. The van der Waals surface area contributed by atoms with E-state index in [0.717, 1.165) is 78.4 Å². The van der Waals surface area contributed by atoms with Crippen LogP contribution in [0.2, 0.25) is 0 Å². The number of pyridine rings is 1. The first-order valence-electron chi connectivity index (χ1n) is 13.9. The highest BCUT2D eigenvalue weighted by Crippen LogP contribution is 2.37. The van der Waals surface area contributed by atoms with Crippen molar-refractivity contribution in [1.29, 1.82) is 0 Å². The smallest absolute Gasteiger partial charge is 0.225 e. The predicted octanol–water partition coefficient (Wildman–Crippen LogP) is 4.19. The maximum atomic E-state index is 12.9.